The van der Waals surface area contributed by atoms with Gasteiger partial charge in [0.25, 0.3) is 11.7 Å². The van der Waals surface area contributed by atoms with E-state index in [-0.39, 0.29) is 16.8 Å². The second kappa shape index (κ2) is 8.70. The van der Waals surface area contributed by atoms with E-state index in [4.69, 9.17) is 4.74 Å². The molecule has 4 rings (SSSR count). The molecule has 8 heteroatoms. The third-order valence-electron chi connectivity index (χ3n) is 5.62. The normalized spacial score (nSPS) is 17.8. The molecule has 5 nitrogen and oxygen atoms in total. The first-order valence-electron chi connectivity index (χ1n) is 10.3. The number of anilines is 1. The Balaban J connectivity index is 1.93. The molecule has 1 atom stereocenters. The van der Waals surface area contributed by atoms with Crippen molar-refractivity contribution in [2.45, 2.75) is 19.1 Å². The number of Topliss-reactive ketones (excluding diaryl/α,β-unsaturated/α-hetero) is 1. The van der Waals surface area contributed by atoms with Crippen molar-refractivity contribution >= 4 is 23.1 Å². The van der Waals surface area contributed by atoms with Crippen LogP contribution in [0.2, 0.25) is 0 Å². The second-order valence-electron chi connectivity index (χ2n) is 7.86. The van der Waals surface area contributed by atoms with Crippen molar-refractivity contribution in [3.05, 3.63) is 101 Å². The number of carbonyl (C=O) groups excluding carboxylic acids is 2. The fourth-order valence-corrected chi connectivity index (χ4v) is 3.99. The van der Waals surface area contributed by atoms with Gasteiger partial charge in [-0.05, 0) is 55.0 Å². The molecule has 1 fully saturated rings. The van der Waals surface area contributed by atoms with Crippen molar-refractivity contribution in [3.63, 3.8) is 0 Å². The maximum atomic E-state index is 13.4. The number of aryl methyl sites for hydroxylation is 1. The van der Waals surface area contributed by atoms with Crippen LogP contribution >= 0.6 is 0 Å². The maximum Gasteiger partial charge on any atom is 0.416 e. The summed E-state index contributed by atoms with van der Waals surface area (Å²) in [4.78, 5) is 27.2. The minimum Gasteiger partial charge on any atom is -0.507 e. The van der Waals surface area contributed by atoms with Gasteiger partial charge in [-0.25, -0.2) is 0 Å². The average molecular weight is 467 g/mol. The van der Waals surface area contributed by atoms with E-state index in [0.717, 1.165) is 22.6 Å². The van der Waals surface area contributed by atoms with E-state index >= 15 is 0 Å². The first kappa shape index (κ1) is 23.1. The molecule has 1 amide bonds. The minimum atomic E-state index is -4.63. The van der Waals surface area contributed by atoms with Crippen LogP contribution in [0.4, 0.5) is 18.9 Å². The Morgan fingerprint density at radius 3 is 2.26 bits per heavy atom. The number of alkyl halides is 3. The van der Waals surface area contributed by atoms with E-state index in [9.17, 15) is 27.9 Å². The number of methoxy groups -OCH3 is 1. The van der Waals surface area contributed by atoms with Gasteiger partial charge < -0.3 is 9.84 Å². The monoisotopic (exact) mass is 467 g/mol. The zero-order valence-corrected chi connectivity index (χ0v) is 18.3. The smallest absolute Gasteiger partial charge is 0.416 e. The van der Waals surface area contributed by atoms with Crippen LogP contribution in [0.25, 0.3) is 5.76 Å². The van der Waals surface area contributed by atoms with Crippen LogP contribution in [0.5, 0.6) is 5.75 Å². The van der Waals surface area contributed by atoms with E-state index in [2.05, 4.69) is 0 Å². The van der Waals surface area contributed by atoms with Gasteiger partial charge in [-0.1, -0.05) is 35.9 Å². The highest BCUT2D eigenvalue weighted by atomic mass is 19.4. The van der Waals surface area contributed by atoms with Crippen molar-refractivity contribution in [1.29, 1.82) is 0 Å². The molecule has 34 heavy (non-hydrogen) atoms. The fraction of sp³-hybridized carbons (Fsp3) is 0.154. The quantitative estimate of drug-likeness (QED) is 0.306. The van der Waals surface area contributed by atoms with Crippen molar-refractivity contribution in [1.82, 2.24) is 0 Å². The molecule has 1 saturated heterocycles. The van der Waals surface area contributed by atoms with Gasteiger partial charge in [0.15, 0.2) is 0 Å². The summed E-state index contributed by atoms with van der Waals surface area (Å²) in [5.74, 6) is -1.92. The number of ether oxygens (including phenoxy) is 1. The van der Waals surface area contributed by atoms with Crippen LogP contribution in [-0.2, 0) is 15.8 Å². The number of benzene rings is 3. The summed E-state index contributed by atoms with van der Waals surface area (Å²) in [6.45, 7) is 1.81. The van der Waals surface area contributed by atoms with Gasteiger partial charge in [0, 0.05) is 11.3 Å². The number of aliphatic hydroxyl groups excluding tert-OH is 1. The van der Waals surface area contributed by atoms with E-state index < -0.39 is 35.2 Å². The van der Waals surface area contributed by atoms with Crippen molar-refractivity contribution < 1.29 is 32.6 Å². The molecule has 1 N–H and O–H groups in total. The Morgan fingerprint density at radius 1 is 0.971 bits per heavy atom. The molecule has 1 heterocycles. The number of aliphatic hydroxyl groups is 1. The van der Waals surface area contributed by atoms with E-state index in [1.165, 1.54) is 31.4 Å². The molecule has 174 valence electrons. The van der Waals surface area contributed by atoms with Crippen molar-refractivity contribution in [3.8, 4) is 5.75 Å². The first-order chi connectivity index (χ1) is 16.1. The summed E-state index contributed by atoms with van der Waals surface area (Å²) in [6, 6.07) is 16.2. The summed E-state index contributed by atoms with van der Waals surface area (Å²) < 4.78 is 45.2. The molecule has 1 unspecified atom stereocenters. The van der Waals surface area contributed by atoms with E-state index in [1.807, 2.05) is 13.0 Å². The van der Waals surface area contributed by atoms with E-state index in [1.54, 1.807) is 30.3 Å². The molecule has 3 aromatic rings. The molecule has 0 bridgehead atoms. The van der Waals surface area contributed by atoms with Gasteiger partial charge in [0.1, 0.15) is 11.5 Å². The minimum absolute atomic E-state index is 0.0998. The van der Waals surface area contributed by atoms with Gasteiger partial charge >= 0.3 is 6.18 Å². The molecular formula is C26H20F3NO4. The zero-order chi connectivity index (χ0) is 24.6. The number of amides is 1. The lowest BCUT2D eigenvalue weighted by Crippen LogP contribution is -2.29. The number of hydrogen-bond donors (Lipinski definition) is 1. The third-order valence-corrected chi connectivity index (χ3v) is 5.62. The van der Waals surface area contributed by atoms with Crippen molar-refractivity contribution in [2.75, 3.05) is 12.0 Å². The highest BCUT2D eigenvalue weighted by molar-refractivity contribution is 6.51. The van der Waals surface area contributed by atoms with Crippen LogP contribution in [-0.4, -0.2) is 23.9 Å². The maximum absolute atomic E-state index is 13.4. The second-order valence-corrected chi connectivity index (χ2v) is 7.86. The summed E-state index contributed by atoms with van der Waals surface area (Å²) >= 11 is 0. The SMILES string of the molecule is COc1ccc(/C(O)=C2\C(=O)C(=O)N(c3cccc(C(F)(F)F)c3)C2c2cccc(C)c2)cc1. The van der Waals surface area contributed by atoms with Gasteiger partial charge in [-0.15, -0.1) is 0 Å². The van der Waals surface area contributed by atoms with Gasteiger partial charge in [0.05, 0.1) is 24.3 Å². The first-order valence-corrected chi connectivity index (χ1v) is 10.3. The number of rotatable bonds is 4. The average Bonchev–Trinajstić information content (AvgIpc) is 3.08. The molecule has 0 aromatic heterocycles. The van der Waals surface area contributed by atoms with Crippen LogP contribution in [0.1, 0.15) is 28.3 Å². The van der Waals surface area contributed by atoms with Crippen LogP contribution < -0.4 is 9.64 Å². The molecular weight excluding hydrogens is 447 g/mol. The zero-order valence-electron chi connectivity index (χ0n) is 18.3. The summed E-state index contributed by atoms with van der Waals surface area (Å²) in [7, 11) is 1.48. The number of ketones is 1. The molecule has 0 aliphatic carbocycles. The van der Waals surface area contributed by atoms with Gasteiger partial charge in [0.2, 0.25) is 0 Å². The molecule has 1 aliphatic heterocycles. The highest BCUT2D eigenvalue weighted by Gasteiger charge is 2.47. The molecule has 1 aliphatic rings. The molecule has 0 saturated carbocycles. The van der Waals surface area contributed by atoms with Crippen molar-refractivity contribution in [2.24, 2.45) is 0 Å². The van der Waals surface area contributed by atoms with Crippen LogP contribution in [0.15, 0.2) is 78.4 Å². The Bertz CT molecular complexity index is 1300. The van der Waals surface area contributed by atoms with Crippen LogP contribution in [0.3, 0.4) is 0 Å². The highest BCUT2D eigenvalue weighted by Crippen LogP contribution is 2.43. The largest absolute Gasteiger partial charge is 0.507 e. The number of halogens is 3. The molecule has 0 spiro atoms. The summed E-state index contributed by atoms with van der Waals surface area (Å²) in [5, 5.41) is 11.1. The number of hydrogen-bond acceptors (Lipinski definition) is 4. The Kier molecular flexibility index (Phi) is 5.91. The summed E-state index contributed by atoms with van der Waals surface area (Å²) in [6.07, 6.45) is -4.63. The molecule has 3 aromatic carbocycles. The Hall–Kier alpha value is -4.07. The lowest BCUT2D eigenvalue weighted by molar-refractivity contribution is -0.137. The number of nitrogens with zero attached hydrogens (tertiary/aromatic N) is 1. The summed E-state index contributed by atoms with van der Waals surface area (Å²) in [5.41, 5.74) is 0.296. The Morgan fingerprint density at radius 2 is 1.65 bits per heavy atom. The fourth-order valence-electron chi connectivity index (χ4n) is 3.99. The third kappa shape index (κ3) is 4.14. The lowest BCUT2D eigenvalue weighted by atomic mass is 9.94. The van der Waals surface area contributed by atoms with Gasteiger partial charge in [-0.3, -0.25) is 14.5 Å². The predicted molar refractivity (Wildman–Crippen MR) is 120 cm³/mol. The standard InChI is InChI=1S/C26H20F3NO4/c1-15-5-3-6-17(13-15)22-21(23(31)16-9-11-20(34-2)12-10-16)24(32)25(33)30(22)19-8-4-7-18(14-19)26(27,28)29/h3-14,22,31H,1-2H3/b23-21+. The van der Waals surface area contributed by atoms with Crippen LogP contribution in [0, 0.1) is 6.92 Å². The Labute approximate surface area is 193 Å². The molecule has 0 radical (unpaired) electrons. The topological polar surface area (TPSA) is 66.8 Å². The number of carbonyl (C=O) groups is 2. The predicted octanol–water partition coefficient (Wildman–Crippen LogP) is 5.65. The van der Waals surface area contributed by atoms with Gasteiger partial charge in [-0.2, -0.15) is 13.2 Å². The van der Waals surface area contributed by atoms with E-state index in [0.29, 0.717) is 11.3 Å². The lowest BCUT2D eigenvalue weighted by Gasteiger charge is -2.26.